The molecule has 3 nitrogen and oxygen atoms in total. The molecule has 0 bridgehead atoms. The van der Waals surface area contributed by atoms with Crippen molar-refractivity contribution in [2.45, 2.75) is 19.0 Å². The summed E-state index contributed by atoms with van der Waals surface area (Å²) in [6, 6.07) is 0. The number of aromatic nitrogens is 1. The van der Waals surface area contributed by atoms with E-state index in [4.69, 9.17) is 5.73 Å². The summed E-state index contributed by atoms with van der Waals surface area (Å²) < 4.78 is 13.9. The Kier molecular flexibility index (Phi) is 2.98. The van der Waals surface area contributed by atoms with Crippen LogP contribution in [0.3, 0.4) is 0 Å². The minimum Gasteiger partial charge on any atom is -0.375 e. The van der Waals surface area contributed by atoms with Gasteiger partial charge in [-0.3, -0.25) is 0 Å². The summed E-state index contributed by atoms with van der Waals surface area (Å²) >= 11 is 1.25. The highest BCUT2D eigenvalue weighted by atomic mass is 32.1. The van der Waals surface area contributed by atoms with Gasteiger partial charge in [0, 0.05) is 18.7 Å². The molecule has 5 heteroatoms. The highest BCUT2D eigenvalue weighted by molar-refractivity contribution is 7.15. The third-order valence-corrected chi connectivity index (χ3v) is 3.44. The zero-order chi connectivity index (χ0) is 9.97. The molecule has 0 aliphatic carbocycles. The fourth-order valence-electron chi connectivity index (χ4n) is 1.79. The van der Waals surface area contributed by atoms with Crippen molar-refractivity contribution in [3.8, 4) is 0 Å². The van der Waals surface area contributed by atoms with E-state index in [1.54, 1.807) is 6.20 Å². The summed E-state index contributed by atoms with van der Waals surface area (Å²) in [7, 11) is 0. The molecule has 78 valence electrons. The van der Waals surface area contributed by atoms with Gasteiger partial charge in [-0.1, -0.05) is 11.3 Å². The van der Waals surface area contributed by atoms with Crippen LogP contribution in [0.5, 0.6) is 0 Å². The van der Waals surface area contributed by atoms with Crippen molar-refractivity contribution >= 4 is 16.5 Å². The first kappa shape index (κ1) is 9.86. The maximum Gasteiger partial charge on any atom is 0.180 e. The zero-order valence-corrected chi connectivity index (χ0v) is 8.69. The van der Waals surface area contributed by atoms with Gasteiger partial charge in [0.1, 0.15) is 6.17 Å². The highest BCUT2D eigenvalue weighted by Crippen LogP contribution is 2.34. The molecule has 3 N–H and O–H groups in total. The average molecular weight is 215 g/mol. The van der Waals surface area contributed by atoms with E-state index in [1.807, 2.05) is 0 Å². The van der Waals surface area contributed by atoms with Crippen molar-refractivity contribution < 1.29 is 4.39 Å². The largest absolute Gasteiger partial charge is 0.375 e. The van der Waals surface area contributed by atoms with E-state index in [0.717, 1.165) is 25.9 Å². The van der Waals surface area contributed by atoms with E-state index in [-0.39, 0.29) is 5.92 Å². The molecule has 2 atom stereocenters. The molecule has 1 aromatic heterocycles. The summed E-state index contributed by atoms with van der Waals surface area (Å²) in [6.45, 7) is 1.77. The SMILES string of the molecule is Nc1ncc(C(F)C2CCCNC2)s1. The Balaban J connectivity index is 2.03. The second kappa shape index (κ2) is 4.23. The maximum absolute atomic E-state index is 13.9. The van der Waals surface area contributed by atoms with E-state index in [1.165, 1.54) is 11.3 Å². The number of nitrogens with zero attached hydrogens (tertiary/aromatic N) is 1. The van der Waals surface area contributed by atoms with E-state index in [2.05, 4.69) is 10.3 Å². The number of hydrogen-bond donors (Lipinski definition) is 2. The van der Waals surface area contributed by atoms with Crippen LogP contribution in [0, 0.1) is 5.92 Å². The first-order valence-corrected chi connectivity index (χ1v) is 5.65. The molecule has 0 amide bonds. The molecule has 2 rings (SSSR count). The molecule has 0 saturated carbocycles. The van der Waals surface area contributed by atoms with E-state index >= 15 is 0 Å². The van der Waals surface area contributed by atoms with Gasteiger partial charge >= 0.3 is 0 Å². The van der Waals surface area contributed by atoms with Gasteiger partial charge in [-0.05, 0) is 19.4 Å². The van der Waals surface area contributed by atoms with Crippen LogP contribution in [0.25, 0.3) is 0 Å². The van der Waals surface area contributed by atoms with Crippen molar-refractivity contribution in [1.29, 1.82) is 0 Å². The molecule has 0 spiro atoms. The molecular formula is C9H14FN3S. The smallest absolute Gasteiger partial charge is 0.180 e. The molecule has 0 radical (unpaired) electrons. The van der Waals surface area contributed by atoms with Gasteiger partial charge in [0.25, 0.3) is 0 Å². The number of anilines is 1. The summed E-state index contributed by atoms with van der Waals surface area (Å²) in [4.78, 5) is 4.53. The molecule has 1 aliphatic rings. The lowest BCUT2D eigenvalue weighted by atomic mass is 9.94. The van der Waals surface area contributed by atoms with Crippen LogP contribution in [0.4, 0.5) is 9.52 Å². The Morgan fingerprint density at radius 3 is 3.14 bits per heavy atom. The number of hydrogen-bond acceptors (Lipinski definition) is 4. The van der Waals surface area contributed by atoms with Crippen molar-refractivity contribution in [2.75, 3.05) is 18.8 Å². The monoisotopic (exact) mass is 215 g/mol. The molecule has 1 saturated heterocycles. The Morgan fingerprint density at radius 1 is 1.71 bits per heavy atom. The van der Waals surface area contributed by atoms with Crippen LogP contribution in [0.1, 0.15) is 23.9 Å². The molecule has 2 heterocycles. The zero-order valence-electron chi connectivity index (χ0n) is 7.87. The third kappa shape index (κ3) is 2.04. The number of alkyl halides is 1. The average Bonchev–Trinajstić information content (AvgIpc) is 2.65. The van der Waals surface area contributed by atoms with Crippen molar-refractivity contribution in [1.82, 2.24) is 10.3 Å². The number of piperidine rings is 1. The maximum atomic E-state index is 13.9. The summed E-state index contributed by atoms with van der Waals surface area (Å²) in [5.74, 6) is 0.0867. The number of thiazole rings is 1. The minimum absolute atomic E-state index is 0.0867. The number of halogens is 1. The second-order valence-electron chi connectivity index (χ2n) is 3.61. The quantitative estimate of drug-likeness (QED) is 0.790. The van der Waals surface area contributed by atoms with Gasteiger partial charge in [-0.25, -0.2) is 9.37 Å². The van der Waals surface area contributed by atoms with Crippen molar-refractivity contribution in [2.24, 2.45) is 5.92 Å². The number of rotatable bonds is 2. The molecule has 1 fully saturated rings. The predicted molar refractivity (Wildman–Crippen MR) is 56.0 cm³/mol. The first-order valence-electron chi connectivity index (χ1n) is 4.83. The van der Waals surface area contributed by atoms with E-state index < -0.39 is 6.17 Å². The fraction of sp³-hybridized carbons (Fsp3) is 0.667. The number of nitrogens with one attached hydrogen (secondary N) is 1. The Labute approximate surface area is 86.5 Å². The van der Waals surface area contributed by atoms with Crippen LogP contribution in [-0.4, -0.2) is 18.1 Å². The highest BCUT2D eigenvalue weighted by Gasteiger charge is 2.26. The molecule has 14 heavy (non-hydrogen) atoms. The molecule has 0 aromatic carbocycles. The van der Waals surface area contributed by atoms with E-state index in [9.17, 15) is 4.39 Å². The van der Waals surface area contributed by atoms with Crippen molar-refractivity contribution in [3.63, 3.8) is 0 Å². The summed E-state index contributed by atoms with van der Waals surface area (Å²) in [5.41, 5.74) is 5.47. The number of nitrogen functional groups attached to an aromatic ring is 1. The Morgan fingerprint density at radius 2 is 2.57 bits per heavy atom. The minimum atomic E-state index is -0.905. The second-order valence-corrected chi connectivity index (χ2v) is 4.70. The van der Waals surface area contributed by atoms with Gasteiger partial charge in [-0.2, -0.15) is 0 Å². The van der Waals surface area contributed by atoms with E-state index in [0.29, 0.717) is 10.0 Å². The normalized spacial score (nSPS) is 24.8. The Hall–Kier alpha value is -0.680. The lowest BCUT2D eigenvalue weighted by Gasteiger charge is -2.24. The molecule has 1 aromatic rings. The standard InChI is InChI=1S/C9H14FN3S/c10-8(6-2-1-3-12-4-6)7-5-13-9(11)14-7/h5-6,8,12H,1-4H2,(H2,11,13). The van der Waals surface area contributed by atoms with Crippen LogP contribution in [0.2, 0.25) is 0 Å². The van der Waals surface area contributed by atoms with Gasteiger partial charge < -0.3 is 11.1 Å². The third-order valence-electron chi connectivity index (χ3n) is 2.56. The van der Waals surface area contributed by atoms with Crippen LogP contribution in [0.15, 0.2) is 6.20 Å². The van der Waals surface area contributed by atoms with Gasteiger partial charge in [-0.15, -0.1) is 0 Å². The summed E-state index contributed by atoms with van der Waals surface area (Å²) in [6.07, 6.45) is 2.66. The number of nitrogens with two attached hydrogens (primary N) is 1. The van der Waals surface area contributed by atoms with Crippen LogP contribution < -0.4 is 11.1 Å². The lowest BCUT2D eigenvalue weighted by Crippen LogP contribution is -2.31. The van der Waals surface area contributed by atoms with Gasteiger partial charge in [0.2, 0.25) is 0 Å². The molecule has 2 unspecified atom stereocenters. The first-order chi connectivity index (χ1) is 6.77. The van der Waals surface area contributed by atoms with Crippen molar-refractivity contribution in [3.05, 3.63) is 11.1 Å². The van der Waals surface area contributed by atoms with Gasteiger partial charge in [0.15, 0.2) is 5.13 Å². The van der Waals surface area contributed by atoms with Gasteiger partial charge in [0.05, 0.1) is 4.88 Å². The van der Waals surface area contributed by atoms with Crippen LogP contribution in [-0.2, 0) is 0 Å². The summed E-state index contributed by atoms with van der Waals surface area (Å²) in [5, 5.41) is 3.66. The molecule has 1 aliphatic heterocycles. The topological polar surface area (TPSA) is 50.9 Å². The van der Waals surface area contributed by atoms with Crippen LogP contribution >= 0.6 is 11.3 Å². The lowest BCUT2D eigenvalue weighted by molar-refractivity contribution is 0.198. The predicted octanol–water partition coefficient (Wildman–Crippen LogP) is 1.74. The fourth-order valence-corrected chi connectivity index (χ4v) is 2.55. The Bertz CT molecular complexity index is 296. The molecular weight excluding hydrogens is 201 g/mol.